The summed E-state index contributed by atoms with van der Waals surface area (Å²) in [7, 11) is 0. The zero-order valence-corrected chi connectivity index (χ0v) is 21.7. The van der Waals surface area contributed by atoms with E-state index in [2.05, 4.69) is 32.3 Å². The Kier molecular flexibility index (Phi) is 7.32. The van der Waals surface area contributed by atoms with Crippen LogP contribution in [0.2, 0.25) is 0 Å². The molecular formula is C27H27BrFN3O2S. The maximum Gasteiger partial charge on any atom is 0.253 e. The monoisotopic (exact) mass is 555 g/mol. The summed E-state index contributed by atoms with van der Waals surface area (Å²) >= 11 is 5.16. The van der Waals surface area contributed by atoms with Crippen LogP contribution in [0.3, 0.4) is 0 Å². The van der Waals surface area contributed by atoms with Gasteiger partial charge in [-0.1, -0.05) is 34.1 Å². The zero-order valence-electron chi connectivity index (χ0n) is 19.3. The molecule has 2 aromatic carbocycles. The Morgan fingerprint density at radius 3 is 2.60 bits per heavy atom. The lowest BCUT2D eigenvalue weighted by atomic mass is 9.93. The Morgan fingerprint density at radius 2 is 1.77 bits per heavy atom. The number of benzene rings is 2. The highest BCUT2D eigenvalue weighted by Crippen LogP contribution is 2.37. The smallest absolute Gasteiger partial charge is 0.253 e. The lowest BCUT2D eigenvalue weighted by Crippen LogP contribution is -2.45. The van der Waals surface area contributed by atoms with E-state index in [-0.39, 0.29) is 30.2 Å². The van der Waals surface area contributed by atoms with Crippen molar-refractivity contribution < 1.29 is 14.0 Å². The van der Waals surface area contributed by atoms with Gasteiger partial charge in [-0.05, 0) is 65.7 Å². The highest BCUT2D eigenvalue weighted by Gasteiger charge is 2.32. The van der Waals surface area contributed by atoms with E-state index >= 15 is 0 Å². The summed E-state index contributed by atoms with van der Waals surface area (Å²) < 4.78 is 14.9. The molecule has 1 atom stereocenters. The highest BCUT2D eigenvalue weighted by atomic mass is 79.9. The SMILES string of the molecule is O=C(CN1CCc2sccc2C1c1cccc(F)c1)N1CCCN(C(=O)c2cccc(Br)c2)CC1. The lowest BCUT2D eigenvalue weighted by Gasteiger charge is -2.37. The second kappa shape index (κ2) is 10.6. The molecule has 0 N–H and O–H groups in total. The molecule has 2 amide bonds. The number of thiophene rings is 1. The van der Waals surface area contributed by atoms with Gasteiger partial charge < -0.3 is 9.80 Å². The fourth-order valence-electron chi connectivity index (χ4n) is 5.05. The number of hydrogen-bond donors (Lipinski definition) is 0. The van der Waals surface area contributed by atoms with Crippen LogP contribution in [0.15, 0.2) is 64.5 Å². The van der Waals surface area contributed by atoms with Gasteiger partial charge in [0.05, 0.1) is 12.6 Å². The predicted octanol–water partition coefficient (Wildman–Crippen LogP) is 4.97. The Bertz CT molecular complexity index is 1230. The molecule has 2 aliphatic heterocycles. The van der Waals surface area contributed by atoms with Gasteiger partial charge in [0.15, 0.2) is 0 Å². The minimum Gasteiger partial charge on any atom is -0.340 e. The number of amides is 2. The number of halogens is 2. The first kappa shape index (κ1) is 24.2. The highest BCUT2D eigenvalue weighted by molar-refractivity contribution is 9.10. The van der Waals surface area contributed by atoms with Crippen molar-refractivity contribution in [2.45, 2.75) is 18.9 Å². The van der Waals surface area contributed by atoms with E-state index in [1.54, 1.807) is 23.5 Å². The summed E-state index contributed by atoms with van der Waals surface area (Å²) in [4.78, 5) is 33.6. The van der Waals surface area contributed by atoms with Crippen LogP contribution in [-0.4, -0.2) is 65.8 Å². The van der Waals surface area contributed by atoms with Crippen molar-refractivity contribution in [3.63, 3.8) is 0 Å². The van der Waals surface area contributed by atoms with Crippen molar-refractivity contribution in [1.82, 2.24) is 14.7 Å². The largest absolute Gasteiger partial charge is 0.340 e. The molecule has 0 saturated carbocycles. The van der Waals surface area contributed by atoms with E-state index < -0.39 is 0 Å². The van der Waals surface area contributed by atoms with Gasteiger partial charge in [-0.15, -0.1) is 11.3 Å². The fraction of sp³-hybridized carbons (Fsp3) is 0.333. The first-order chi connectivity index (χ1) is 17.0. The summed E-state index contributed by atoms with van der Waals surface area (Å²) in [6.45, 7) is 3.31. The van der Waals surface area contributed by atoms with Gasteiger partial charge in [-0.25, -0.2) is 4.39 Å². The third-order valence-corrected chi connectivity index (χ3v) is 8.27. The molecule has 35 heavy (non-hydrogen) atoms. The second-order valence-corrected chi connectivity index (χ2v) is 10.9. The Labute approximate surface area is 217 Å². The van der Waals surface area contributed by atoms with Crippen LogP contribution in [-0.2, 0) is 11.2 Å². The third kappa shape index (κ3) is 5.34. The number of rotatable bonds is 4. The Morgan fingerprint density at radius 1 is 0.971 bits per heavy atom. The third-order valence-electron chi connectivity index (χ3n) is 6.78. The number of carbonyl (C=O) groups excluding carboxylic acids is 2. The summed E-state index contributed by atoms with van der Waals surface area (Å²) in [5.41, 5.74) is 2.69. The van der Waals surface area contributed by atoms with E-state index in [1.807, 2.05) is 40.1 Å². The molecule has 1 saturated heterocycles. The molecule has 5 nitrogen and oxygen atoms in total. The minimum absolute atomic E-state index is 0.00668. The van der Waals surface area contributed by atoms with Crippen molar-refractivity contribution in [3.05, 3.63) is 91.8 Å². The number of fused-ring (bicyclic) bond motifs is 1. The van der Waals surface area contributed by atoms with Gasteiger partial charge in [-0.3, -0.25) is 14.5 Å². The zero-order chi connectivity index (χ0) is 24.4. The Balaban J connectivity index is 1.28. The van der Waals surface area contributed by atoms with E-state index in [1.165, 1.54) is 16.5 Å². The van der Waals surface area contributed by atoms with Crippen molar-refractivity contribution in [1.29, 1.82) is 0 Å². The van der Waals surface area contributed by atoms with Crippen molar-refractivity contribution in [3.8, 4) is 0 Å². The molecule has 0 spiro atoms. The summed E-state index contributed by atoms with van der Waals surface area (Å²) in [6.07, 6.45) is 1.63. The van der Waals surface area contributed by atoms with Crippen molar-refractivity contribution >= 4 is 39.1 Å². The molecule has 1 unspecified atom stereocenters. The quantitative estimate of drug-likeness (QED) is 0.456. The van der Waals surface area contributed by atoms with Crippen LogP contribution in [0, 0.1) is 5.82 Å². The maximum absolute atomic E-state index is 14.1. The molecule has 8 heteroatoms. The molecular weight excluding hydrogens is 529 g/mol. The average Bonchev–Trinajstić information content (AvgIpc) is 3.19. The molecule has 0 radical (unpaired) electrons. The number of carbonyl (C=O) groups is 2. The molecule has 3 heterocycles. The maximum atomic E-state index is 14.1. The Hall–Kier alpha value is -2.55. The van der Waals surface area contributed by atoms with Crippen LogP contribution in [0.1, 0.15) is 38.8 Å². The van der Waals surface area contributed by atoms with Gasteiger partial charge in [-0.2, -0.15) is 0 Å². The first-order valence-electron chi connectivity index (χ1n) is 11.9. The van der Waals surface area contributed by atoms with Crippen LogP contribution >= 0.6 is 27.3 Å². The van der Waals surface area contributed by atoms with Crippen LogP contribution < -0.4 is 0 Å². The average molecular weight is 557 g/mol. The van der Waals surface area contributed by atoms with Crippen molar-refractivity contribution in [2.24, 2.45) is 0 Å². The minimum atomic E-state index is -0.265. The van der Waals surface area contributed by atoms with E-state index in [0.717, 1.165) is 29.4 Å². The molecule has 1 fully saturated rings. The molecule has 0 aliphatic carbocycles. The van der Waals surface area contributed by atoms with Gasteiger partial charge >= 0.3 is 0 Å². The molecule has 0 bridgehead atoms. The fourth-order valence-corrected chi connectivity index (χ4v) is 6.36. The van der Waals surface area contributed by atoms with Crippen LogP contribution in [0.5, 0.6) is 0 Å². The molecule has 5 rings (SSSR count). The summed E-state index contributed by atoms with van der Waals surface area (Å²) in [6, 6.07) is 16.1. The van der Waals surface area contributed by atoms with E-state index in [4.69, 9.17) is 0 Å². The standard InChI is InChI=1S/C27H27BrFN3O2S/c28-21-6-1-5-20(16-21)27(34)31-11-3-10-30(13-14-31)25(33)18-32-12-8-24-23(9-15-35-24)26(32)19-4-2-7-22(29)17-19/h1-2,4-7,9,15-17,26H,3,8,10-14,18H2. The molecule has 2 aliphatic rings. The van der Waals surface area contributed by atoms with Gasteiger partial charge in [0.25, 0.3) is 5.91 Å². The predicted molar refractivity (Wildman–Crippen MR) is 139 cm³/mol. The first-order valence-corrected chi connectivity index (χ1v) is 13.6. The lowest BCUT2D eigenvalue weighted by molar-refractivity contribution is -0.132. The topological polar surface area (TPSA) is 43.9 Å². The number of nitrogens with zero attached hydrogens (tertiary/aromatic N) is 3. The second-order valence-electron chi connectivity index (χ2n) is 9.01. The number of hydrogen-bond acceptors (Lipinski definition) is 4. The molecule has 182 valence electrons. The van der Waals surface area contributed by atoms with Gasteiger partial charge in [0.1, 0.15) is 5.82 Å². The van der Waals surface area contributed by atoms with Crippen LogP contribution in [0.4, 0.5) is 4.39 Å². The summed E-state index contributed by atoms with van der Waals surface area (Å²) in [5.74, 6) is -0.214. The molecule has 3 aromatic rings. The van der Waals surface area contributed by atoms with Crippen molar-refractivity contribution in [2.75, 3.05) is 39.3 Å². The van der Waals surface area contributed by atoms with E-state index in [0.29, 0.717) is 31.7 Å². The normalized spacial score (nSPS) is 18.7. The van der Waals surface area contributed by atoms with Crippen LogP contribution in [0.25, 0.3) is 0 Å². The van der Waals surface area contributed by atoms with E-state index in [9.17, 15) is 14.0 Å². The van der Waals surface area contributed by atoms with Gasteiger partial charge in [0.2, 0.25) is 5.91 Å². The summed E-state index contributed by atoms with van der Waals surface area (Å²) in [5, 5.41) is 2.08. The van der Waals surface area contributed by atoms with Gasteiger partial charge in [0, 0.05) is 47.6 Å². The molecule has 1 aromatic heterocycles.